The van der Waals surface area contributed by atoms with Gasteiger partial charge in [-0.25, -0.2) is 4.39 Å². The Morgan fingerprint density at radius 3 is 2.88 bits per heavy atom. The Morgan fingerprint density at radius 1 is 1.36 bits per heavy atom. The van der Waals surface area contributed by atoms with Crippen LogP contribution in [0.25, 0.3) is 0 Å². The van der Waals surface area contributed by atoms with Crippen LogP contribution in [-0.2, 0) is 9.53 Å². The summed E-state index contributed by atoms with van der Waals surface area (Å²) in [7, 11) is 1.61. The van der Waals surface area contributed by atoms with Crippen LogP contribution in [0.1, 0.15) is 29.6 Å². The van der Waals surface area contributed by atoms with Gasteiger partial charge in [0, 0.05) is 38.3 Å². The van der Waals surface area contributed by atoms with Crippen molar-refractivity contribution < 1.29 is 18.7 Å². The Bertz CT molecular complexity index is 684. The smallest absolute Gasteiger partial charge is 0.256 e. The van der Waals surface area contributed by atoms with Crippen LogP contribution in [0.15, 0.2) is 18.2 Å². The number of ether oxygens (including phenoxy) is 1. The van der Waals surface area contributed by atoms with Gasteiger partial charge in [0.25, 0.3) is 5.91 Å². The Kier molecular flexibility index (Phi) is 5.29. The van der Waals surface area contributed by atoms with Gasteiger partial charge in [-0.1, -0.05) is 11.6 Å². The van der Waals surface area contributed by atoms with Gasteiger partial charge in [0.15, 0.2) is 0 Å². The third kappa shape index (κ3) is 3.51. The number of nitrogens with zero attached hydrogens (tertiary/aromatic N) is 2. The standard InChI is InChI=1S/C18H22ClFN2O3/c1-25-10-9-21-7-2-5-18(17(21)24)6-8-22(12-18)16(23)14-4-3-13(19)11-15(14)20/h3-4,11H,2,5-10,12H2,1H3. The van der Waals surface area contributed by atoms with E-state index in [1.54, 1.807) is 12.0 Å². The monoisotopic (exact) mass is 368 g/mol. The molecule has 0 saturated carbocycles. The first-order valence-corrected chi connectivity index (χ1v) is 8.87. The van der Waals surface area contributed by atoms with Gasteiger partial charge in [-0.2, -0.15) is 0 Å². The minimum absolute atomic E-state index is 0.000877. The molecule has 0 aliphatic carbocycles. The molecule has 2 aliphatic heterocycles. The van der Waals surface area contributed by atoms with Gasteiger partial charge >= 0.3 is 0 Å². The van der Waals surface area contributed by atoms with Crippen LogP contribution in [0.4, 0.5) is 4.39 Å². The second kappa shape index (κ2) is 7.30. The maximum Gasteiger partial charge on any atom is 0.256 e. The average Bonchev–Trinajstić information content (AvgIpc) is 3.01. The second-order valence-corrected chi connectivity index (χ2v) is 7.21. The fourth-order valence-corrected chi connectivity index (χ4v) is 3.98. The molecule has 5 nitrogen and oxygen atoms in total. The largest absolute Gasteiger partial charge is 0.383 e. The van der Waals surface area contributed by atoms with E-state index in [4.69, 9.17) is 16.3 Å². The molecule has 2 fully saturated rings. The first-order valence-electron chi connectivity index (χ1n) is 8.49. The Morgan fingerprint density at radius 2 is 2.16 bits per heavy atom. The van der Waals surface area contributed by atoms with E-state index in [-0.39, 0.29) is 22.4 Å². The zero-order chi connectivity index (χ0) is 18.0. The first kappa shape index (κ1) is 18.1. The summed E-state index contributed by atoms with van der Waals surface area (Å²) in [6, 6.07) is 4.04. The van der Waals surface area contributed by atoms with Crippen molar-refractivity contribution in [1.29, 1.82) is 0 Å². The molecule has 1 aromatic rings. The lowest BCUT2D eigenvalue weighted by Gasteiger charge is -2.39. The molecule has 0 radical (unpaired) electrons. The summed E-state index contributed by atoms with van der Waals surface area (Å²) in [5, 5.41) is 0.253. The molecule has 136 valence electrons. The molecule has 1 aromatic carbocycles. The van der Waals surface area contributed by atoms with Gasteiger partial charge in [0.1, 0.15) is 5.82 Å². The number of hydrogen-bond donors (Lipinski definition) is 0. The van der Waals surface area contributed by atoms with Crippen molar-refractivity contribution in [2.45, 2.75) is 19.3 Å². The lowest BCUT2D eigenvalue weighted by molar-refractivity contribution is -0.146. The highest BCUT2D eigenvalue weighted by Gasteiger charge is 2.49. The predicted octanol–water partition coefficient (Wildman–Crippen LogP) is 2.58. The van der Waals surface area contributed by atoms with E-state index in [0.29, 0.717) is 32.7 Å². The fourth-order valence-electron chi connectivity index (χ4n) is 3.82. The lowest BCUT2D eigenvalue weighted by Crippen LogP contribution is -2.51. The van der Waals surface area contributed by atoms with Crippen molar-refractivity contribution in [2.75, 3.05) is 39.9 Å². The predicted molar refractivity (Wildman–Crippen MR) is 92.1 cm³/mol. The highest BCUT2D eigenvalue weighted by Crippen LogP contribution is 2.40. The van der Waals surface area contributed by atoms with Crippen molar-refractivity contribution in [1.82, 2.24) is 9.80 Å². The van der Waals surface area contributed by atoms with Gasteiger partial charge in [-0.05, 0) is 37.5 Å². The average molecular weight is 369 g/mol. The summed E-state index contributed by atoms with van der Waals surface area (Å²) in [6.07, 6.45) is 2.30. The zero-order valence-electron chi connectivity index (χ0n) is 14.3. The lowest BCUT2D eigenvalue weighted by atomic mass is 9.78. The van der Waals surface area contributed by atoms with E-state index in [2.05, 4.69) is 0 Å². The van der Waals surface area contributed by atoms with Gasteiger partial charge < -0.3 is 14.5 Å². The van der Waals surface area contributed by atoms with Crippen LogP contribution in [-0.4, -0.2) is 61.5 Å². The molecule has 2 aliphatic rings. The van der Waals surface area contributed by atoms with Crippen molar-refractivity contribution in [3.63, 3.8) is 0 Å². The van der Waals surface area contributed by atoms with Crippen molar-refractivity contribution >= 4 is 23.4 Å². The third-order valence-corrected chi connectivity index (χ3v) is 5.43. The van der Waals surface area contributed by atoms with Gasteiger partial charge in [-0.15, -0.1) is 0 Å². The van der Waals surface area contributed by atoms with Crippen molar-refractivity contribution in [3.05, 3.63) is 34.6 Å². The second-order valence-electron chi connectivity index (χ2n) is 6.77. The molecule has 1 unspecified atom stereocenters. The molecule has 3 rings (SSSR count). The van der Waals surface area contributed by atoms with E-state index in [1.807, 2.05) is 4.90 Å². The molecule has 2 saturated heterocycles. The molecule has 0 aromatic heterocycles. The quantitative estimate of drug-likeness (QED) is 0.820. The van der Waals surface area contributed by atoms with Gasteiger partial charge in [0.2, 0.25) is 5.91 Å². The fraction of sp³-hybridized carbons (Fsp3) is 0.556. The number of piperidine rings is 1. The van der Waals surface area contributed by atoms with Crippen molar-refractivity contribution in [2.24, 2.45) is 5.41 Å². The number of rotatable bonds is 4. The molecular weight excluding hydrogens is 347 g/mol. The summed E-state index contributed by atoms with van der Waals surface area (Å²) in [4.78, 5) is 29.0. The number of carbonyl (C=O) groups is 2. The number of halogens is 2. The van der Waals surface area contributed by atoms with E-state index < -0.39 is 11.2 Å². The highest BCUT2D eigenvalue weighted by atomic mass is 35.5. The topological polar surface area (TPSA) is 49.9 Å². The summed E-state index contributed by atoms with van der Waals surface area (Å²) >= 11 is 5.75. The molecule has 0 N–H and O–H groups in total. The number of amides is 2. The van der Waals surface area contributed by atoms with E-state index >= 15 is 0 Å². The summed E-state index contributed by atoms with van der Waals surface area (Å²) in [6.45, 7) is 2.60. The molecule has 2 amide bonds. The van der Waals surface area contributed by atoms with Crippen LogP contribution in [0.3, 0.4) is 0 Å². The SMILES string of the molecule is COCCN1CCCC2(CCN(C(=O)c3ccc(Cl)cc3F)C2)C1=O. The highest BCUT2D eigenvalue weighted by molar-refractivity contribution is 6.30. The molecular formula is C18H22ClFN2O3. The molecule has 0 bridgehead atoms. The minimum atomic E-state index is -0.629. The van der Waals surface area contributed by atoms with Crippen LogP contribution < -0.4 is 0 Å². The van der Waals surface area contributed by atoms with E-state index in [9.17, 15) is 14.0 Å². The maximum atomic E-state index is 14.0. The van der Waals surface area contributed by atoms with Crippen LogP contribution in [0, 0.1) is 11.2 Å². The number of carbonyl (C=O) groups excluding carboxylic acids is 2. The summed E-state index contributed by atoms with van der Waals surface area (Å²) in [5.41, 5.74) is -0.536. The maximum absolute atomic E-state index is 14.0. The van der Waals surface area contributed by atoms with Gasteiger partial charge in [-0.3, -0.25) is 9.59 Å². The number of benzene rings is 1. The van der Waals surface area contributed by atoms with Gasteiger partial charge in [0.05, 0.1) is 17.6 Å². The molecule has 7 heteroatoms. The number of hydrogen-bond acceptors (Lipinski definition) is 3. The minimum Gasteiger partial charge on any atom is -0.383 e. The van der Waals surface area contributed by atoms with Crippen LogP contribution in [0.2, 0.25) is 5.02 Å². The van der Waals surface area contributed by atoms with E-state index in [1.165, 1.54) is 12.1 Å². The number of methoxy groups -OCH3 is 1. The Labute approximate surface area is 151 Å². The Balaban J connectivity index is 1.73. The molecule has 1 spiro atoms. The zero-order valence-corrected chi connectivity index (χ0v) is 15.0. The molecule has 25 heavy (non-hydrogen) atoms. The van der Waals surface area contributed by atoms with Crippen LogP contribution >= 0.6 is 11.6 Å². The normalized spacial score (nSPS) is 23.6. The molecule has 2 heterocycles. The Hall–Kier alpha value is -1.66. The van der Waals surface area contributed by atoms with E-state index in [0.717, 1.165) is 25.5 Å². The number of likely N-dealkylation sites (tertiary alicyclic amines) is 2. The summed E-state index contributed by atoms with van der Waals surface area (Å²) in [5.74, 6) is -0.925. The molecule has 1 atom stereocenters. The van der Waals surface area contributed by atoms with Crippen molar-refractivity contribution in [3.8, 4) is 0 Å². The summed E-state index contributed by atoms with van der Waals surface area (Å²) < 4.78 is 19.1. The van der Waals surface area contributed by atoms with Crippen LogP contribution in [0.5, 0.6) is 0 Å². The third-order valence-electron chi connectivity index (χ3n) is 5.19. The first-order chi connectivity index (χ1) is 12.0.